The van der Waals surface area contributed by atoms with E-state index in [9.17, 15) is 9.59 Å². The van der Waals surface area contributed by atoms with Crippen molar-refractivity contribution in [1.82, 2.24) is 0 Å². The maximum atomic E-state index is 12.6. The van der Waals surface area contributed by atoms with E-state index in [0.717, 1.165) is 27.8 Å². The molecule has 0 bridgehead atoms. The maximum absolute atomic E-state index is 12.6. The van der Waals surface area contributed by atoms with Crippen LogP contribution < -0.4 is 10.3 Å². The van der Waals surface area contributed by atoms with Crippen LogP contribution in [0.2, 0.25) is 0 Å². The molecule has 2 aromatic heterocycles. The molecule has 5 nitrogen and oxygen atoms in total. The molecule has 0 unspecified atom stereocenters. The molecule has 0 aliphatic carbocycles. The Morgan fingerprint density at radius 2 is 2.07 bits per heavy atom. The summed E-state index contributed by atoms with van der Waals surface area (Å²) in [7, 11) is 0. The van der Waals surface area contributed by atoms with Gasteiger partial charge in [0.15, 0.2) is 11.5 Å². The molecule has 1 aliphatic rings. The molecule has 1 aromatic carbocycles. The summed E-state index contributed by atoms with van der Waals surface area (Å²) in [6.45, 7) is 6.14. The third-order valence-electron chi connectivity index (χ3n) is 4.28. The van der Waals surface area contributed by atoms with Crippen LogP contribution in [0.15, 0.2) is 62.5 Å². The summed E-state index contributed by atoms with van der Waals surface area (Å²) >= 11 is 2.50. The second-order valence-corrected chi connectivity index (χ2v) is 7.97. The molecule has 7 heteroatoms. The van der Waals surface area contributed by atoms with Gasteiger partial charge in [-0.1, -0.05) is 18.7 Å². The third-order valence-corrected chi connectivity index (χ3v) is 6.12. The Bertz CT molecular complexity index is 1060. The first kappa shape index (κ1) is 18.0. The van der Waals surface area contributed by atoms with E-state index in [4.69, 9.17) is 9.15 Å². The highest BCUT2D eigenvalue weighted by Gasteiger charge is 2.18. The van der Waals surface area contributed by atoms with Crippen LogP contribution in [0.25, 0.3) is 21.4 Å². The van der Waals surface area contributed by atoms with Gasteiger partial charge >= 0.3 is 0 Å². The highest BCUT2D eigenvalue weighted by Crippen LogP contribution is 2.36. The van der Waals surface area contributed by atoms with Crippen LogP contribution in [-0.2, 0) is 9.53 Å². The van der Waals surface area contributed by atoms with E-state index in [1.165, 1.54) is 17.4 Å². The van der Waals surface area contributed by atoms with Crippen LogP contribution in [0.4, 0.5) is 5.88 Å². The van der Waals surface area contributed by atoms with E-state index >= 15 is 0 Å². The largest absolute Gasteiger partial charge is 0.439 e. The van der Waals surface area contributed by atoms with Crippen molar-refractivity contribution in [2.24, 2.45) is 0 Å². The molecule has 0 radical (unpaired) electrons. The zero-order valence-electron chi connectivity index (χ0n) is 14.5. The minimum Gasteiger partial charge on any atom is -0.439 e. The summed E-state index contributed by atoms with van der Waals surface area (Å²) in [5.74, 6) is 0.572. The first-order valence-electron chi connectivity index (χ1n) is 8.48. The number of ether oxygens (including phenoxy) is 1. The molecule has 0 atom stereocenters. The highest BCUT2D eigenvalue weighted by molar-refractivity contribution is 8.14. The highest BCUT2D eigenvalue weighted by atomic mass is 32.2. The number of carbonyl (C=O) groups is 1. The third kappa shape index (κ3) is 3.71. The molecule has 138 valence electrons. The average Bonchev–Trinajstić information content (AvgIpc) is 3.13. The van der Waals surface area contributed by atoms with Crippen molar-refractivity contribution >= 4 is 44.4 Å². The summed E-state index contributed by atoms with van der Waals surface area (Å²) in [6, 6.07) is 9.20. The van der Waals surface area contributed by atoms with Gasteiger partial charge in [-0.05, 0) is 35.5 Å². The van der Waals surface area contributed by atoms with Crippen LogP contribution in [0.1, 0.15) is 0 Å². The van der Waals surface area contributed by atoms with Gasteiger partial charge in [-0.2, -0.15) is 0 Å². The summed E-state index contributed by atoms with van der Waals surface area (Å²) < 4.78 is 12.1. The Hall–Kier alpha value is -2.35. The summed E-state index contributed by atoms with van der Waals surface area (Å²) in [4.78, 5) is 27.0. The fourth-order valence-corrected chi connectivity index (χ4v) is 4.51. The Balaban J connectivity index is 1.77. The molecule has 27 heavy (non-hydrogen) atoms. The van der Waals surface area contributed by atoms with Crippen molar-refractivity contribution in [2.75, 3.05) is 31.2 Å². The average molecular weight is 399 g/mol. The van der Waals surface area contributed by atoms with E-state index in [-0.39, 0.29) is 10.5 Å². The fraction of sp³-hybridized carbons (Fsp3) is 0.200. The van der Waals surface area contributed by atoms with Crippen molar-refractivity contribution in [2.45, 2.75) is 4.90 Å². The Kier molecular flexibility index (Phi) is 5.15. The van der Waals surface area contributed by atoms with Gasteiger partial charge in [0, 0.05) is 35.0 Å². The molecule has 0 N–H and O–H groups in total. The van der Waals surface area contributed by atoms with Crippen molar-refractivity contribution in [1.29, 1.82) is 0 Å². The number of thiophene rings is 1. The van der Waals surface area contributed by atoms with Gasteiger partial charge in [0.05, 0.1) is 13.2 Å². The number of morpholine rings is 1. The maximum Gasteiger partial charge on any atom is 0.216 e. The van der Waals surface area contributed by atoms with Crippen LogP contribution >= 0.6 is 23.1 Å². The lowest BCUT2D eigenvalue weighted by molar-refractivity contribution is -0.107. The molecule has 0 saturated carbocycles. The monoisotopic (exact) mass is 399 g/mol. The van der Waals surface area contributed by atoms with Gasteiger partial charge in [0.25, 0.3) is 0 Å². The number of benzene rings is 1. The molecule has 1 saturated heterocycles. The lowest BCUT2D eigenvalue weighted by Gasteiger charge is -2.27. The number of nitrogens with zero attached hydrogens (tertiary/aromatic N) is 1. The number of fused-ring (bicyclic) bond motifs is 1. The summed E-state index contributed by atoms with van der Waals surface area (Å²) in [5, 5.41) is 1.82. The van der Waals surface area contributed by atoms with Crippen molar-refractivity contribution < 1.29 is 13.9 Å². The molecule has 0 spiro atoms. The summed E-state index contributed by atoms with van der Waals surface area (Å²) in [5.41, 5.74) is 2.31. The van der Waals surface area contributed by atoms with E-state index in [2.05, 4.69) is 6.58 Å². The fourth-order valence-electron chi connectivity index (χ4n) is 2.95. The van der Waals surface area contributed by atoms with Gasteiger partial charge in [-0.25, -0.2) is 0 Å². The molecular weight excluding hydrogens is 382 g/mol. The minimum absolute atomic E-state index is 0.0404. The van der Waals surface area contributed by atoms with E-state index in [1.54, 1.807) is 6.07 Å². The van der Waals surface area contributed by atoms with Crippen LogP contribution in [0.3, 0.4) is 0 Å². The number of carbonyl (C=O) groups excluding carboxylic acids is 1. The Labute approximate surface area is 164 Å². The number of hydrogen-bond donors (Lipinski definition) is 0. The smallest absolute Gasteiger partial charge is 0.216 e. The van der Waals surface area contributed by atoms with Crippen LogP contribution in [0, 0.1) is 0 Å². The van der Waals surface area contributed by atoms with E-state index in [1.807, 2.05) is 34.5 Å². The zero-order valence-corrected chi connectivity index (χ0v) is 16.1. The predicted octanol–water partition coefficient (Wildman–Crippen LogP) is 4.16. The number of anilines is 1. The molecule has 1 fully saturated rings. The molecule has 1 aliphatic heterocycles. The van der Waals surface area contributed by atoms with Crippen LogP contribution in [-0.4, -0.2) is 31.4 Å². The molecule has 4 rings (SSSR count). The normalized spacial score (nSPS) is 14.4. The lowest BCUT2D eigenvalue weighted by atomic mass is 10.1. The van der Waals surface area contributed by atoms with Crippen molar-refractivity contribution in [3.05, 3.63) is 58.6 Å². The molecular formula is C20H17NO4S2. The Morgan fingerprint density at radius 1 is 1.26 bits per heavy atom. The number of thioether (sulfide) groups is 1. The first-order chi connectivity index (χ1) is 13.2. The Morgan fingerprint density at radius 3 is 2.85 bits per heavy atom. The zero-order chi connectivity index (χ0) is 18.8. The second-order valence-electron chi connectivity index (χ2n) is 6.01. The van der Waals surface area contributed by atoms with Crippen molar-refractivity contribution in [3.63, 3.8) is 0 Å². The van der Waals surface area contributed by atoms with Gasteiger partial charge in [-0.3, -0.25) is 9.59 Å². The quantitative estimate of drug-likeness (QED) is 0.485. The van der Waals surface area contributed by atoms with Crippen molar-refractivity contribution in [3.8, 4) is 11.1 Å². The van der Waals surface area contributed by atoms with Gasteiger partial charge in [-0.15, -0.1) is 11.3 Å². The SMILES string of the molecule is C=CC(=O)Sc1cccc(-c2csc3c(=O)cc(N4CCOCC4)oc23)c1. The van der Waals surface area contributed by atoms with E-state index in [0.29, 0.717) is 42.5 Å². The first-order valence-corrected chi connectivity index (χ1v) is 10.2. The van der Waals surface area contributed by atoms with Gasteiger partial charge in [0.1, 0.15) is 4.70 Å². The molecule has 3 heterocycles. The minimum atomic E-state index is -0.108. The van der Waals surface area contributed by atoms with E-state index < -0.39 is 0 Å². The number of rotatable bonds is 4. The predicted molar refractivity (Wildman–Crippen MR) is 110 cm³/mol. The van der Waals surface area contributed by atoms with Gasteiger partial charge < -0.3 is 14.1 Å². The summed E-state index contributed by atoms with van der Waals surface area (Å²) in [6.07, 6.45) is 1.30. The second kappa shape index (κ2) is 7.72. The van der Waals surface area contributed by atoms with Crippen LogP contribution in [0.5, 0.6) is 0 Å². The molecule has 0 amide bonds. The molecule has 3 aromatic rings. The van der Waals surface area contributed by atoms with Gasteiger partial charge in [0.2, 0.25) is 10.5 Å². The topological polar surface area (TPSA) is 59.8 Å². The standard InChI is InChI=1S/C20H17NO4S2/c1-2-18(23)27-14-5-3-4-13(10-14)15-12-26-20-16(22)11-17(25-19(15)20)21-6-8-24-9-7-21/h2-5,10-12H,1,6-9H2. The number of hydrogen-bond acceptors (Lipinski definition) is 7. The lowest BCUT2D eigenvalue weighted by Crippen LogP contribution is -2.36.